The minimum atomic E-state index is -0.969. The summed E-state index contributed by atoms with van der Waals surface area (Å²) in [6, 6.07) is 11.2. The average Bonchev–Trinajstić information content (AvgIpc) is 2.38. The Morgan fingerprint density at radius 1 is 1.16 bits per heavy atom. The number of benzene rings is 2. The molecule has 0 aromatic heterocycles. The number of para-hydroxylation sites is 1. The molecule has 4 heteroatoms. The Kier molecular flexibility index (Phi) is 3.51. The van der Waals surface area contributed by atoms with Gasteiger partial charge in [-0.1, -0.05) is 12.1 Å². The van der Waals surface area contributed by atoms with E-state index in [0.29, 0.717) is 5.69 Å². The lowest BCUT2D eigenvalue weighted by atomic mass is 10.1. The molecule has 0 aliphatic rings. The van der Waals surface area contributed by atoms with Gasteiger partial charge >= 0.3 is 5.97 Å². The van der Waals surface area contributed by atoms with Crippen molar-refractivity contribution in [3.8, 4) is 0 Å². The highest BCUT2D eigenvalue weighted by Gasteiger charge is 2.12. The first-order valence-corrected chi connectivity index (χ1v) is 5.83. The Morgan fingerprint density at radius 2 is 1.84 bits per heavy atom. The summed E-state index contributed by atoms with van der Waals surface area (Å²) in [5.41, 5.74) is 2.23. The molecular formula is C15H14FNO2. The van der Waals surface area contributed by atoms with E-state index in [-0.39, 0.29) is 11.4 Å². The Morgan fingerprint density at radius 3 is 2.42 bits per heavy atom. The summed E-state index contributed by atoms with van der Waals surface area (Å²) in [4.78, 5) is 12.6. The van der Waals surface area contributed by atoms with Crippen LogP contribution in [0.15, 0.2) is 42.5 Å². The zero-order valence-electron chi connectivity index (χ0n) is 10.7. The fourth-order valence-electron chi connectivity index (χ4n) is 2.02. The number of anilines is 2. The van der Waals surface area contributed by atoms with Crippen LogP contribution in [0, 0.1) is 12.7 Å². The first kappa shape index (κ1) is 13.1. The van der Waals surface area contributed by atoms with Crippen LogP contribution in [0.1, 0.15) is 15.9 Å². The van der Waals surface area contributed by atoms with Gasteiger partial charge in [0.15, 0.2) is 0 Å². The molecule has 0 atom stereocenters. The van der Waals surface area contributed by atoms with Crippen LogP contribution in [0.5, 0.6) is 0 Å². The molecule has 0 spiro atoms. The predicted octanol–water partition coefficient (Wildman–Crippen LogP) is 3.60. The van der Waals surface area contributed by atoms with E-state index in [1.54, 1.807) is 49.2 Å². The molecule has 3 nitrogen and oxygen atoms in total. The second kappa shape index (κ2) is 5.10. The van der Waals surface area contributed by atoms with Gasteiger partial charge in [-0.25, -0.2) is 9.18 Å². The lowest BCUT2D eigenvalue weighted by Gasteiger charge is -2.22. The number of rotatable bonds is 3. The predicted molar refractivity (Wildman–Crippen MR) is 72.6 cm³/mol. The molecule has 0 radical (unpaired) electrons. The number of carboxylic acids is 1. The molecule has 0 saturated carbocycles. The van der Waals surface area contributed by atoms with E-state index < -0.39 is 5.97 Å². The van der Waals surface area contributed by atoms with Crippen LogP contribution >= 0.6 is 0 Å². The van der Waals surface area contributed by atoms with E-state index in [1.807, 2.05) is 0 Å². The molecule has 98 valence electrons. The lowest BCUT2D eigenvalue weighted by molar-refractivity contribution is 0.0697. The van der Waals surface area contributed by atoms with Crippen molar-refractivity contribution in [1.29, 1.82) is 0 Å². The van der Waals surface area contributed by atoms with Crippen molar-refractivity contribution in [3.05, 3.63) is 59.4 Å². The van der Waals surface area contributed by atoms with E-state index in [0.717, 1.165) is 11.3 Å². The smallest absolute Gasteiger partial charge is 0.335 e. The van der Waals surface area contributed by atoms with Crippen LogP contribution in [-0.2, 0) is 0 Å². The standard InChI is InChI=1S/C15H14FNO2/c1-10-9-11(15(18)19)7-8-13(10)17(2)14-6-4-3-5-12(14)16/h3-9H,1-2H3,(H,18,19). The van der Waals surface area contributed by atoms with Crippen LogP contribution in [0.4, 0.5) is 15.8 Å². The fraction of sp³-hybridized carbons (Fsp3) is 0.133. The molecule has 0 unspecified atom stereocenters. The zero-order chi connectivity index (χ0) is 14.0. The molecule has 0 saturated heterocycles. The minimum Gasteiger partial charge on any atom is -0.478 e. The fourth-order valence-corrected chi connectivity index (χ4v) is 2.02. The number of halogens is 1. The van der Waals surface area contributed by atoms with Gasteiger partial charge in [0.2, 0.25) is 0 Å². The Hall–Kier alpha value is -2.36. The maximum Gasteiger partial charge on any atom is 0.335 e. The number of hydrogen-bond donors (Lipinski definition) is 1. The number of aryl methyl sites for hydroxylation is 1. The third-order valence-corrected chi connectivity index (χ3v) is 3.02. The van der Waals surface area contributed by atoms with Gasteiger partial charge in [0.25, 0.3) is 0 Å². The Labute approximate surface area is 110 Å². The molecule has 0 aliphatic carbocycles. The molecule has 19 heavy (non-hydrogen) atoms. The highest BCUT2D eigenvalue weighted by atomic mass is 19.1. The van der Waals surface area contributed by atoms with E-state index in [9.17, 15) is 9.18 Å². The van der Waals surface area contributed by atoms with Gasteiger partial charge in [-0.15, -0.1) is 0 Å². The van der Waals surface area contributed by atoms with Crippen molar-refractivity contribution in [2.45, 2.75) is 6.92 Å². The molecule has 2 aromatic rings. The van der Waals surface area contributed by atoms with E-state index in [2.05, 4.69) is 0 Å². The van der Waals surface area contributed by atoms with Crippen molar-refractivity contribution in [2.24, 2.45) is 0 Å². The number of carboxylic acid groups (broad SMARTS) is 1. The monoisotopic (exact) mass is 259 g/mol. The van der Waals surface area contributed by atoms with Crippen LogP contribution in [-0.4, -0.2) is 18.1 Å². The Balaban J connectivity index is 2.42. The number of hydrogen-bond acceptors (Lipinski definition) is 2. The third-order valence-electron chi connectivity index (χ3n) is 3.02. The van der Waals surface area contributed by atoms with Crippen molar-refractivity contribution in [1.82, 2.24) is 0 Å². The largest absolute Gasteiger partial charge is 0.478 e. The summed E-state index contributed by atoms with van der Waals surface area (Å²) in [5, 5.41) is 8.93. The summed E-state index contributed by atoms with van der Waals surface area (Å²) >= 11 is 0. The molecule has 0 bridgehead atoms. The second-order valence-corrected chi connectivity index (χ2v) is 4.32. The first-order chi connectivity index (χ1) is 9.00. The molecule has 2 aromatic carbocycles. The third kappa shape index (κ3) is 2.57. The molecule has 0 fully saturated rings. The van der Waals surface area contributed by atoms with Crippen LogP contribution in [0.3, 0.4) is 0 Å². The first-order valence-electron chi connectivity index (χ1n) is 5.83. The lowest BCUT2D eigenvalue weighted by Crippen LogP contribution is -2.13. The van der Waals surface area contributed by atoms with Crippen LogP contribution < -0.4 is 4.90 Å². The van der Waals surface area contributed by atoms with Gasteiger partial charge in [0, 0.05) is 12.7 Å². The maximum atomic E-state index is 13.7. The normalized spacial score (nSPS) is 10.3. The van der Waals surface area contributed by atoms with E-state index in [4.69, 9.17) is 5.11 Å². The number of carbonyl (C=O) groups is 1. The van der Waals surface area contributed by atoms with Gasteiger partial charge in [0.1, 0.15) is 5.82 Å². The minimum absolute atomic E-state index is 0.225. The Bertz CT molecular complexity index is 625. The average molecular weight is 259 g/mol. The maximum absolute atomic E-state index is 13.7. The summed E-state index contributed by atoms with van der Waals surface area (Å²) in [6.07, 6.45) is 0. The second-order valence-electron chi connectivity index (χ2n) is 4.32. The highest BCUT2D eigenvalue weighted by molar-refractivity contribution is 5.88. The van der Waals surface area contributed by atoms with Gasteiger partial charge < -0.3 is 10.0 Å². The topological polar surface area (TPSA) is 40.5 Å². The van der Waals surface area contributed by atoms with Crippen LogP contribution in [0.25, 0.3) is 0 Å². The van der Waals surface area contributed by atoms with Crippen LogP contribution in [0.2, 0.25) is 0 Å². The van der Waals surface area contributed by atoms with Gasteiger partial charge in [-0.05, 0) is 42.8 Å². The molecule has 2 rings (SSSR count). The number of aromatic carboxylic acids is 1. The molecule has 1 N–H and O–H groups in total. The van der Waals surface area contributed by atoms with E-state index >= 15 is 0 Å². The summed E-state index contributed by atoms with van der Waals surface area (Å²) in [7, 11) is 1.75. The van der Waals surface area contributed by atoms with Gasteiger partial charge in [-0.2, -0.15) is 0 Å². The van der Waals surface area contributed by atoms with E-state index in [1.165, 1.54) is 12.1 Å². The molecule has 0 aliphatic heterocycles. The van der Waals surface area contributed by atoms with Gasteiger partial charge in [0.05, 0.1) is 11.3 Å². The van der Waals surface area contributed by atoms with Crippen molar-refractivity contribution >= 4 is 17.3 Å². The highest BCUT2D eigenvalue weighted by Crippen LogP contribution is 2.29. The SMILES string of the molecule is Cc1cc(C(=O)O)ccc1N(C)c1ccccc1F. The summed E-state index contributed by atoms with van der Waals surface area (Å²) in [5.74, 6) is -1.28. The van der Waals surface area contributed by atoms with Crippen molar-refractivity contribution in [2.75, 3.05) is 11.9 Å². The van der Waals surface area contributed by atoms with Crippen molar-refractivity contribution < 1.29 is 14.3 Å². The zero-order valence-corrected chi connectivity index (χ0v) is 10.7. The molecular weight excluding hydrogens is 245 g/mol. The molecule has 0 amide bonds. The summed E-state index contributed by atoms with van der Waals surface area (Å²) < 4.78 is 13.7. The quantitative estimate of drug-likeness (QED) is 0.915. The molecule has 0 heterocycles. The van der Waals surface area contributed by atoms with Crippen molar-refractivity contribution in [3.63, 3.8) is 0 Å². The van der Waals surface area contributed by atoms with Gasteiger partial charge in [-0.3, -0.25) is 0 Å². The number of nitrogens with zero attached hydrogens (tertiary/aromatic N) is 1. The summed E-state index contributed by atoms with van der Waals surface area (Å²) in [6.45, 7) is 1.80.